The number of aromatic nitrogens is 2. The SMILES string of the molecule is Cc1cc(C)nc(SCC(=O)Nc2cccc(N3CCCCC3=O)c2)n1. The Hall–Kier alpha value is -2.41. The fraction of sp³-hybridized carbons (Fsp3) is 0.368. The van der Waals surface area contributed by atoms with E-state index in [1.807, 2.05) is 44.2 Å². The summed E-state index contributed by atoms with van der Waals surface area (Å²) in [6.45, 7) is 4.55. The predicted molar refractivity (Wildman–Crippen MR) is 104 cm³/mol. The van der Waals surface area contributed by atoms with Gasteiger partial charge in [-0.2, -0.15) is 0 Å². The quantitative estimate of drug-likeness (QED) is 0.645. The van der Waals surface area contributed by atoms with Gasteiger partial charge in [0.05, 0.1) is 5.75 Å². The topological polar surface area (TPSA) is 75.2 Å². The van der Waals surface area contributed by atoms with Crippen molar-refractivity contribution in [3.05, 3.63) is 41.7 Å². The summed E-state index contributed by atoms with van der Waals surface area (Å²) in [5, 5.41) is 3.48. The Morgan fingerprint density at radius 1 is 1.19 bits per heavy atom. The number of nitrogens with zero attached hydrogens (tertiary/aromatic N) is 3. The number of aryl methyl sites for hydroxylation is 2. The van der Waals surface area contributed by atoms with Crippen LogP contribution >= 0.6 is 11.8 Å². The largest absolute Gasteiger partial charge is 0.325 e. The van der Waals surface area contributed by atoms with E-state index in [1.165, 1.54) is 11.8 Å². The molecule has 1 aromatic carbocycles. The summed E-state index contributed by atoms with van der Waals surface area (Å²) in [7, 11) is 0. The lowest BCUT2D eigenvalue weighted by Gasteiger charge is -2.27. The zero-order chi connectivity index (χ0) is 18.5. The molecule has 1 saturated heterocycles. The van der Waals surface area contributed by atoms with Crippen LogP contribution in [0.25, 0.3) is 0 Å². The molecule has 0 saturated carbocycles. The number of nitrogens with one attached hydrogen (secondary N) is 1. The number of piperidine rings is 1. The highest BCUT2D eigenvalue weighted by molar-refractivity contribution is 7.99. The number of carbonyl (C=O) groups is 2. The summed E-state index contributed by atoms with van der Waals surface area (Å²) in [5.41, 5.74) is 3.30. The van der Waals surface area contributed by atoms with E-state index >= 15 is 0 Å². The van der Waals surface area contributed by atoms with Gasteiger partial charge in [0, 0.05) is 35.7 Å². The molecule has 0 unspecified atom stereocenters. The van der Waals surface area contributed by atoms with Gasteiger partial charge in [-0.1, -0.05) is 17.8 Å². The summed E-state index contributed by atoms with van der Waals surface area (Å²) in [6.07, 6.45) is 2.54. The van der Waals surface area contributed by atoms with Gasteiger partial charge in [-0.15, -0.1) is 0 Å². The zero-order valence-electron chi connectivity index (χ0n) is 15.0. The van der Waals surface area contributed by atoms with Crippen molar-refractivity contribution in [1.82, 2.24) is 9.97 Å². The summed E-state index contributed by atoms with van der Waals surface area (Å²) >= 11 is 1.31. The highest BCUT2D eigenvalue weighted by Gasteiger charge is 2.19. The first-order valence-electron chi connectivity index (χ1n) is 8.66. The molecule has 136 valence electrons. The van der Waals surface area contributed by atoms with E-state index in [-0.39, 0.29) is 17.6 Å². The fourth-order valence-corrected chi connectivity index (χ4v) is 3.67. The molecule has 1 aliphatic rings. The van der Waals surface area contributed by atoms with Crippen LogP contribution in [-0.2, 0) is 9.59 Å². The lowest BCUT2D eigenvalue weighted by atomic mass is 10.1. The number of amides is 2. The molecule has 0 atom stereocenters. The maximum absolute atomic E-state index is 12.2. The van der Waals surface area contributed by atoms with Crippen molar-refractivity contribution in [1.29, 1.82) is 0 Å². The smallest absolute Gasteiger partial charge is 0.234 e. The van der Waals surface area contributed by atoms with Crippen molar-refractivity contribution in [2.45, 2.75) is 38.3 Å². The molecule has 2 heterocycles. The highest BCUT2D eigenvalue weighted by Crippen LogP contribution is 2.24. The van der Waals surface area contributed by atoms with E-state index in [2.05, 4.69) is 15.3 Å². The molecule has 0 spiro atoms. The summed E-state index contributed by atoms with van der Waals surface area (Å²) in [6, 6.07) is 9.33. The lowest BCUT2D eigenvalue weighted by Crippen LogP contribution is -2.35. The van der Waals surface area contributed by atoms with Crippen LogP contribution in [0.1, 0.15) is 30.7 Å². The van der Waals surface area contributed by atoms with E-state index < -0.39 is 0 Å². The first-order valence-corrected chi connectivity index (χ1v) is 9.65. The summed E-state index contributed by atoms with van der Waals surface area (Å²) in [4.78, 5) is 34.7. The van der Waals surface area contributed by atoms with Crippen LogP contribution in [0, 0.1) is 13.8 Å². The van der Waals surface area contributed by atoms with Crippen LogP contribution in [0.2, 0.25) is 0 Å². The number of hydrogen-bond donors (Lipinski definition) is 1. The minimum absolute atomic E-state index is 0.125. The molecule has 0 radical (unpaired) electrons. The second-order valence-electron chi connectivity index (χ2n) is 6.32. The highest BCUT2D eigenvalue weighted by atomic mass is 32.2. The minimum Gasteiger partial charge on any atom is -0.325 e. The maximum atomic E-state index is 12.2. The Morgan fingerprint density at radius 3 is 2.69 bits per heavy atom. The predicted octanol–water partition coefficient (Wildman–Crippen LogP) is 3.34. The molecule has 1 aliphatic heterocycles. The normalized spacial score (nSPS) is 14.4. The van der Waals surface area contributed by atoms with Gasteiger partial charge in [0.15, 0.2) is 5.16 Å². The molecule has 0 bridgehead atoms. The lowest BCUT2D eigenvalue weighted by molar-refractivity contribution is -0.119. The molecular weight excluding hydrogens is 348 g/mol. The van der Waals surface area contributed by atoms with Crippen molar-refractivity contribution in [2.75, 3.05) is 22.5 Å². The monoisotopic (exact) mass is 370 g/mol. The Balaban J connectivity index is 1.60. The second-order valence-corrected chi connectivity index (χ2v) is 7.27. The molecule has 2 aromatic rings. The van der Waals surface area contributed by atoms with E-state index in [0.717, 1.165) is 36.5 Å². The average molecular weight is 370 g/mol. The third-order valence-corrected chi connectivity index (χ3v) is 4.91. The van der Waals surface area contributed by atoms with Crippen LogP contribution in [-0.4, -0.2) is 34.1 Å². The molecular formula is C19H22N4O2S. The Kier molecular flexibility index (Phi) is 5.88. The van der Waals surface area contributed by atoms with Crippen molar-refractivity contribution >= 4 is 35.0 Å². The molecule has 1 fully saturated rings. The minimum atomic E-state index is -0.125. The zero-order valence-corrected chi connectivity index (χ0v) is 15.8. The molecule has 26 heavy (non-hydrogen) atoms. The fourth-order valence-electron chi connectivity index (χ4n) is 2.92. The van der Waals surface area contributed by atoms with Gasteiger partial charge in [-0.05, 0) is 51.0 Å². The standard InChI is InChI=1S/C19H22N4O2S/c1-13-10-14(2)21-19(20-13)26-12-17(24)22-15-6-5-7-16(11-15)23-9-4-3-8-18(23)25/h5-7,10-11H,3-4,8-9,12H2,1-2H3,(H,22,24). The van der Waals surface area contributed by atoms with Gasteiger partial charge >= 0.3 is 0 Å². The summed E-state index contributed by atoms with van der Waals surface area (Å²) in [5.74, 6) is 0.248. The van der Waals surface area contributed by atoms with Gasteiger partial charge in [0.1, 0.15) is 0 Å². The maximum Gasteiger partial charge on any atom is 0.234 e. The molecule has 7 heteroatoms. The van der Waals surface area contributed by atoms with Crippen LogP contribution < -0.4 is 10.2 Å². The summed E-state index contributed by atoms with van der Waals surface area (Å²) < 4.78 is 0. The van der Waals surface area contributed by atoms with Crippen molar-refractivity contribution in [3.63, 3.8) is 0 Å². The van der Waals surface area contributed by atoms with Crippen LogP contribution in [0.4, 0.5) is 11.4 Å². The van der Waals surface area contributed by atoms with Crippen molar-refractivity contribution in [3.8, 4) is 0 Å². The van der Waals surface area contributed by atoms with Crippen LogP contribution in [0.3, 0.4) is 0 Å². The number of anilines is 2. The van der Waals surface area contributed by atoms with E-state index in [4.69, 9.17) is 0 Å². The number of rotatable bonds is 5. The molecule has 1 N–H and O–H groups in total. The molecule has 0 aliphatic carbocycles. The second kappa shape index (κ2) is 8.31. The van der Waals surface area contributed by atoms with E-state index in [1.54, 1.807) is 4.90 Å². The van der Waals surface area contributed by atoms with Gasteiger partial charge in [-0.25, -0.2) is 9.97 Å². The Labute approximate surface area is 157 Å². The molecule has 6 nitrogen and oxygen atoms in total. The van der Waals surface area contributed by atoms with Crippen LogP contribution in [0.5, 0.6) is 0 Å². The van der Waals surface area contributed by atoms with Gasteiger partial charge in [0.25, 0.3) is 0 Å². The van der Waals surface area contributed by atoms with Gasteiger partial charge in [-0.3, -0.25) is 9.59 Å². The molecule has 1 aromatic heterocycles. The Morgan fingerprint density at radius 2 is 1.96 bits per heavy atom. The third-order valence-electron chi connectivity index (χ3n) is 4.06. The number of hydrogen-bond acceptors (Lipinski definition) is 5. The first kappa shape index (κ1) is 18.4. The number of thioether (sulfide) groups is 1. The van der Waals surface area contributed by atoms with Crippen molar-refractivity contribution < 1.29 is 9.59 Å². The van der Waals surface area contributed by atoms with Crippen molar-refractivity contribution in [2.24, 2.45) is 0 Å². The first-order chi connectivity index (χ1) is 12.5. The van der Waals surface area contributed by atoms with E-state index in [0.29, 0.717) is 17.3 Å². The third kappa shape index (κ3) is 4.82. The van der Waals surface area contributed by atoms with Gasteiger partial charge in [0.2, 0.25) is 11.8 Å². The molecule has 2 amide bonds. The van der Waals surface area contributed by atoms with Crippen LogP contribution in [0.15, 0.2) is 35.5 Å². The number of carbonyl (C=O) groups excluding carboxylic acids is 2. The van der Waals surface area contributed by atoms with Gasteiger partial charge < -0.3 is 10.2 Å². The number of benzene rings is 1. The Bertz CT molecular complexity index is 805. The molecule has 3 rings (SSSR count). The average Bonchev–Trinajstić information content (AvgIpc) is 2.60. The van der Waals surface area contributed by atoms with E-state index in [9.17, 15) is 9.59 Å².